The van der Waals surface area contributed by atoms with Crippen LogP contribution in [-0.4, -0.2) is 29.8 Å². The Morgan fingerprint density at radius 3 is 2.88 bits per heavy atom. The van der Waals surface area contributed by atoms with Crippen LogP contribution in [0.1, 0.15) is 15.9 Å². The van der Waals surface area contributed by atoms with Gasteiger partial charge in [-0.15, -0.1) is 0 Å². The Hall–Kier alpha value is -2.86. The first-order valence-electron chi connectivity index (χ1n) is 7.98. The van der Waals surface area contributed by atoms with Crippen LogP contribution in [0.3, 0.4) is 0 Å². The van der Waals surface area contributed by atoms with Crippen molar-refractivity contribution in [1.82, 2.24) is 15.5 Å². The monoisotopic (exact) mass is 373 g/mol. The summed E-state index contributed by atoms with van der Waals surface area (Å²) in [6.07, 6.45) is 3.73. The number of aromatic nitrogens is 2. The molecule has 0 bridgehead atoms. The van der Waals surface area contributed by atoms with Crippen molar-refractivity contribution in [1.29, 1.82) is 0 Å². The van der Waals surface area contributed by atoms with E-state index in [4.69, 9.17) is 16.3 Å². The SMILES string of the molecule is COc1cc(C(=O)NCCc2c(F)cccc2Cl)ccc1-c1cn[nH]c1. The van der Waals surface area contributed by atoms with Crippen LogP contribution in [-0.2, 0) is 6.42 Å². The fourth-order valence-corrected chi connectivity index (χ4v) is 2.90. The molecule has 7 heteroatoms. The van der Waals surface area contributed by atoms with Crippen LogP contribution in [0.2, 0.25) is 5.02 Å². The van der Waals surface area contributed by atoms with Gasteiger partial charge in [0, 0.05) is 40.0 Å². The minimum absolute atomic E-state index is 0.269. The van der Waals surface area contributed by atoms with Crippen LogP contribution in [0.25, 0.3) is 11.1 Å². The maximum atomic E-state index is 13.8. The maximum Gasteiger partial charge on any atom is 0.251 e. The first-order valence-corrected chi connectivity index (χ1v) is 8.36. The third-order valence-electron chi connectivity index (χ3n) is 4.00. The highest BCUT2D eigenvalue weighted by Crippen LogP contribution is 2.30. The molecule has 5 nitrogen and oxygen atoms in total. The number of benzene rings is 2. The van der Waals surface area contributed by atoms with Crippen LogP contribution < -0.4 is 10.1 Å². The van der Waals surface area contributed by atoms with E-state index in [9.17, 15) is 9.18 Å². The molecule has 0 saturated carbocycles. The van der Waals surface area contributed by atoms with E-state index in [1.54, 1.807) is 49.8 Å². The minimum Gasteiger partial charge on any atom is -0.496 e. The van der Waals surface area contributed by atoms with Gasteiger partial charge in [0.15, 0.2) is 0 Å². The number of halogens is 2. The van der Waals surface area contributed by atoms with E-state index >= 15 is 0 Å². The summed E-state index contributed by atoms with van der Waals surface area (Å²) in [6, 6.07) is 9.69. The van der Waals surface area contributed by atoms with Crippen molar-refractivity contribution in [2.75, 3.05) is 13.7 Å². The lowest BCUT2D eigenvalue weighted by Crippen LogP contribution is -2.26. The zero-order chi connectivity index (χ0) is 18.5. The summed E-state index contributed by atoms with van der Waals surface area (Å²) in [5.74, 6) is -0.0800. The quantitative estimate of drug-likeness (QED) is 0.689. The lowest BCUT2D eigenvalue weighted by molar-refractivity contribution is 0.0953. The summed E-state index contributed by atoms with van der Waals surface area (Å²) in [7, 11) is 1.54. The molecule has 1 heterocycles. The fourth-order valence-electron chi connectivity index (χ4n) is 2.64. The average molecular weight is 374 g/mol. The third-order valence-corrected chi connectivity index (χ3v) is 4.35. The molecule has 0 atom stereocenters. The van der Waals surface area contributed by atoms with E-state index in [1.807, 2.05) is 0 Å². The molecule has 2 aromatic carbocycles. The second-order valence-corrected chi connectivity index (χ2v) is 6.02. The van der Waals surface area contributed by atoms with Gasteiger partial charge in [-0.3, -0.25) is 9.89 Å². The van der Waals surface area contributed by atoms with Gasteiger partial charge in [-0.25, -0.2) is 4.39 Å². The van der Waals surface area contributed by atoms with E-state index < -0.39 is 0 Å². The number of amides is 1. The fraction of sp³-hybridized carbons (Fsp3) is 0.158. The molecule has 0 saturated heterocycles. The van der Waals surface area contributed by atoms with Crippen molar-refractivity contribution in [2.24, 2.45) is 0 Å². The number of nitrogens with one attached hydrogen (secondary N) is 2. The zero-order valence-corrected chi connectivity index (χ0v) is 14.8. The first-order chi connectivity index (χ1) is 12.6. The van der Waals surface area contributed by atoms with E-state index in [0.29, 0.717) is 28.3 Å². The van der Waals surface area contributed by atoms with Crippen LogP contribution in [0.15, 0.2) is 48.8 Å². The Labute approximate surface area is 155 Å². The van der Waals surface area contributed by atoms with Gasteiger partial charge < -0.3 is 10.1 Å². The lowest BCUT2D eigenvalue weighted by atomic mass is 10.0. The van der Waals surface area contributed by atoms with Gasteiger partial charge in [0.05, 0.1) is 13.3 Å². The second-order valence-electron chi connectivity index (χ2n) is 5.61. The molecule has 2 N–H and O–H groups in total. The van der Waals surface area contributed by atoms with Crippen LogP contribution in [0.4, 0.5) is 4.39 Å². The first kappa shape index (κ1) is 17.9. The standard InChI is InChI=1S/C19H17ClFN3O2/c1-26-18-9-12(5-6-14(18)13-10-23-24-11-13)19(25)22-8-7-15-16(20)3-2-4-17(15)21/h2-6,9-11H,7-8H2,1H3,(H,22,25)(H,23,24). The van der Waals surface area contributed by atoms with Crippen molar-refractivity contribution < 1.29 is 13.9 Å². The highest BCUT2D eigenvalue weighted by molar-refractivity contribution is 6.31. The van der Waals surface area contributed by atoms with Crippen molar-refractivity contribution in [2.45, 2.75) is 6.42 Å². The van der Waals surface area contributed by atoms with Crippen molar-refractivity contribution in [3.63, 3.8) is 0 Å². The van der Waals surface area contributed by atoms with Crippen molar-refractivity contribution in [3.8, 4) is 16.9 Å². The molecular formula is C19H17ClFN3O2. The third kappa shape index (κ3) is 3.86. The topological polar surface area (TPSA) is 67.0 Å². The Morgan fingerprint density at radius 2 is 2.19 bits per heavy atom. The largest absolute Gasteiger partial charge is 0.496 e. The normalized spacial score (nSPS) is 10.6. The Balaban J connectivity index is 1.68. The van der Waals surface area contributed by atoms with E-state index in [1.165, 1.54) is 6.07 Å². The van der Waals surface area contributed by atoms with Crippen molar-refractivity contribution in [3.05, 3.63) is 70.8 Å². The van der Waals surface area contributed by atoms with Crippen molar-refractivity contribution >= 4 is 17.5 Å². The average Bonchev–Trinajstić information content (AvgIpc) is 3.18. The molecule has 3 aromatic rings. The molecule has 3 rings (SSSR count). The molecule has 0 radical (unpaired) electrons. The number of carbonyl (C=O) groups excluding carboxylic acids is 1. The lowest BCUT2D eigenvalue weighted by Gasteiger charge is -2.11. The summed E-state index contributed by atoms with van der Waals surface area (Å²) in [5.41, 5.74) is 2.54. The highest BCUT2D eigenvalue weighted by atomic mass is 35.5. The molecule has 0 unspecified atom stereocenters. The number of hydrogen-bond acceptors (Lipinski definition) is 3. The molecular weight excluding hydrogens is 357 g/mol. The molecule has 0 aliphatic rings. The Morgan fingerprint density at radius 1 is 1.35 bits per heavy atom. The number of carbonyl (C=O) groups is 1. The Kier molecular flexibility index (Phi) is 5.53. The molecule has 1 amide bonds. The summed E-state index contributed by atoms with van der Waals surface area (Å²) >= 11 is 5.99. The van der Waals surface area contributed by atoms with Gasteiger partial charge in [0.1, 0.15) is 11.6 Å². The predicted molar refractivity (Wildman–Crippen MR) is 98.0 cm³/mol. The van der Waals surface area contributed by atoms with Gasteiger partial charge in [-0.1, -0.05) is 17.7 Å². The molecule has 134 valence electrons. The van der Waals surface area contributed by atoms with Gasteiger partial charge in [0.2, 0.25) is 0 Å². The molecule has 26 heavy (non-hydrogen) atoms. The van der Waals surface area contributed by atoms with Gasteiger partial charge in [-0.05, 0) is 36.8 Å². The minimum atomic E-state index is -0.377. The summed E-state index contributed by atoms with van der Waals surface area (Å²) in [5, 5.41) is 9.78. The summed E-state index contributed by atoms with van der Waals surface area (Å²) < 4.78 is 19.1. The molecule has 0 aliphatic heterocycles. The number of methoxy groups -OCH3 is 1. The van der Waals surface area contributed by atoms with Crippen LogP contribution in [0, 0.1) is 5.82 Å². The molecule has 0 fully saturated rings. The van der Waals surface area contributed by atoms with E-state index in [-0.39, 0.29) is 18.3 Å². The zero-order valence-electron chi connectivity index (χ0n) is 14.1. The van der Waals surface area contributed by atoms with Gasteiger partial charge in [-0.2, -0.15) is 5.10 Å². The van der Waals surface area contributed by atoms with Gasteiger partial charge in [0.25, 0.3) is 5.91 Å². The summed E-state index contributed by atoms with van der Waals surface area (Å²) in [4.78, 5) is 12.4. The number of ether oxygens (including phenoxy) is 1. The number of nitrogens with zero attached hydrogens (tertiary/aromatic N) is 1. The van der Waals surface area contributed by atoms with Crippen LogP contribution in [0.5, 0.6) is 5.75 Å². The summed E-state index contributed by atoms with van der Waals surface area (Å²) in [6.45, 7) is 0.269. The maximum absolute atomic E-state index is 13.8. The number of hydrogen-bond donors (Lipinski definition) is 2. The van der Waals surface area contributed by atoms with Crippen LogP contribution >= 0.6 is 11.6 Å². The predicted octanol–water partition coefficient (Wildman–Crippen LogP) is 3.85. The smallest absolute Gasteiger partial charge is 0.251 e. The highest BCUT2D eigenvalue weighted by Gasteiger charge is 2.13. The molecule has 1 aromatic heterocycles. The van der Waals surface area contributed by atoms with E-state index in [0.717, 1.165) is 11.1 Å². The van der Waals surface area contributed by atoms with E-state index in [2.05, 4.69) is 15.5 Å². The number of H-pyrrole nitrogens is 1. The molecule has 0 spiro atoms. The number of rotatable bonds is 6. The second kappa shape index (κ2) is 8.01. The molecule has 0 aliphatic carbocycles. The number of aromatic amines is 1. The Bertz CT molecular complexity index is 893. The van der Waals surface area contributed by atoms with Gasteiger partial charge >= 0.3 is 0 Å².